The molecule has 0 saturated carbocycles. The van der Waals surface area contributed by atoms with E-state index in [-0.39, 0.29) is 98.9 Å². The minimum Gasteiger partial charge on any atom is 0 e. The second-order valence-electron chi connectivity index (χ2n) is 0. The van der Waals surface area contributed by atoms with Gasteiger partial charge in [0.2, 0.25) is 0 Å². The Bertz CT molecular complexity index is 8.00. The first-order valence-electron chi connectivity index (χ1n) is 0. The molecular weight excluding hydrogens is 196 g/mol. The SMILES string of the molecule is [Cu].[K].[Si].[Zn]. The molecule has 0 amide bonds. The molecule has 0 fully saturated rings. The Morgan fingerprint density at radius 3 is 1.00 bits per heavy atom. The summed E-state index contributed by atoms with van der Waals surface area (Å²) >= 11 is 0. The molecule has 0 nitrogen and oxygen atoms in total. The Morgan fingerprint density at radius 1 is 1.00 bits per heavy atom. The van der Waals surface area contributed by atoms with Gasteiger partial charge in [-0.2, -0.15) is 0 Å². The summed E-state index contributed by atoms with van der Waals surface area (Å²) in [4.78, 5) is 0. The Kier molecular flexibility index (Phi) is 117. The van der Waals surface area contributed by atoms with Crippen molar-refractivity contribution < 1.29 is 36.5 Å². The molecule has 6 radical (unpaired) electrons. The van der Waals surface area contributed by atoms with Crippen molar-refractivity contribution in [2.24, 2.45) is 0 Å². The average Bonchev–Trinajstić information content (AvgIpc) is 0. The van der Waals surface area contributed by atoms with E-state index in [0.717, 1.165) is 0 Å². The van der Waals surface area contributed by atoms with Crippen LogP contribution in [0.1, 0.15) is 0 Å². The molecule has 4 heteroatoms. The van der Waals surface area contributed by atoms with Crippen molar-refractivity contribution in [2.75, 3.05) is 0 Å². The van der Waals surface area contributed by atoms with Crippen LogP contribution in [0, 0.1) is 0 Å². The zero-order valence-electron chi connectivity index (χ0n) is 2.51. The number of hydrogen-bond acceptors (Lipinski definition) is 0. The molecule has 0 aromatic carbocycles. The maximum atomic E-state index is 0. The van der Waals surface area contributed by atoms with Crippen LogP contribution in [0.2, 0.25) is 0 Å². The van der Waals surface area contributed by atoms with Gasteiger partial charge in [-0.3, -0.25) is 0 Å². The van der Waals surface area contributed by atoms with Crippen LogP contribution in [-0.4, -0.2) is 62.3 Å². The molecule has 0 aliphatic heterocycles. The van der Waals surface area contributed by atoms with Crippen molar-refractivity contribution in [3.8, 4) is 0 Å². The minimum absolute atomic E-state index is 0. The summed E-state index contributed by atoms with van der Waals surface area (Å²) in [5.41, 5.74) is 0. The molecule has 0 N–H and O–H groups in total. The molecule has 0 aliphatic carbocycles. The van der Waals surface area contributed by atoms with Crippen LogP contribution in [0.15, 0.2) is 0 Å². The molecule has 0 atom stereocenters. The second kappa shape index (κ2) is 16.7. The molecule has 0 unspecified atom stereocenters. The van der Waals surface area contributed by atoms with Crippen LogP contribution in [0.4, 0.5) is 0 Å². The molecule has 18 valence electrons. The standard InChI is InChI=1S/Cu.K.Si.Zn. The fourth-order valence-electron chi connectivity index (χ4n) is 0. The topological polar surface area (TPSA) is 0 Å². The first-order valence-corrected chi connectivity index (χ1v) is 0. The van der Waals surface area contributed by atoms with E-state index in [1.54, 1.807) is 0 Å². The maximum absolute atomic E-state index is 0. The van der Waals surface area contributed by atoms with E-state index in [9.17, 15) is 0 Å². The largest absolute Gasteiger partial charge is 0 e. The van der Waals surface area contributed by atoms with Gasteiger partial charge >= 0.3 is 0 Å². The van der Waals surface area contributed by atoms with Gasteiger partial charge in [0.1, 0.15) is 0 Å². The van der Waals surface area contributed by atoms with E-state index in [1.165, 1.54) is 0 Å². The van der Waals surface area contributed by atoms with Gasteiger partial charge in [0.25, 0.3) is 0 Å². The Balaban J connectivity index is 0. The van der Waals surface area contributed by atoms with Crippen molar-refractivity contribution in [1.29, 1.82) is 0 Å². The number of hydrogen-bond donors (Lipinski definition) is 0. The first-order chi connectivity index (χ1) is 0. The van der Waals surface area contributed by atoms with Gasteiger partial charge in [-0.25, -0.2) is 0 Å². The third kappa shape index (κ3) is 8.89. The summed E-state index contributed by atoms with van der Waals surface area (Å²) in [6, 6.07) is 0. The van der Waals surface area contributed by atoms with Crippen LogP contribution in [-0.2, 0) is 36.5 Å². The Hall–Kier alpha value is 3.00. The molecule has 4 heavy (non-hydrogen) atoms. The minimum atomic E-state index is 0. The van der Waals surface area contributed by atoms with Crippen LogP contribution < -0.4 is 0 Å². The van der Waals surface area contributed by atoms with Crippen molar-refractivity contribution in [2.45, 2.75) is 0 Å². The summed E-state index contributed by atoms with van der Waals surface area (Å²) in [7, 11) is 0. The Labute approximate surface area is 96.5 Å². The zero-order valence-corrected chi connectivity index (χ0v) is 10.5. The quantitative estimate of drug-likeness (QED) is 0.446. The number of rotatable bonds is 0. The van der Waals surface area contributed by atoms with Crippen molar-refractivity contribution in [1.82, 2.24) is 0 Å². The third-order valence-electron chi connectivity index (χ3n) is 0. The average molecular weight is 196 g/mol. The van der Waals surface area contributed by atoms with E-state index in [2.05, 4.69) is 0 Å². The predicted molar refractivity (Wildman–Crippen MR) is 11.5 cm³/mol. The van der Waals surface area contributed by atoms with Gasteiger partial charge in [0.15, 0.2) is 0 Å². The van der Waals surface area contributed by atoms with E-state index in [4.69, 9.17) is 0 Å². The first kappa shape index (κ1) is 28.0. The van der Waals surface area contributed by atoms with E-state index >= 15 is 0 Å². The zero-order chi connectivity index (χ0) is 0. The van der Waals surface area contributed by atoms with Gasteiger partial charge in [0.05, 0.1) is 0 Å². The molecule has 0 aliphatic rings. The van der Waals surface area contributed by atoms with Crippen LogP contribution in [0.5, 0.6) is 0 Å². The van der Waals surface area contributed by atoms with Gasteiger partial charge in [-0.15, -0.1) is 0 Å². The van der Waals surface area contributed by atoms with Gasteiger partial charge in [-0.05, 0) is 0 Å². The van der Waals surface area contributed by atoms with Gasteiger partial charge in [0, 0.05) is 98.9 Å². The van der Waals surface area contributed by atoms with Crippen molar-refractivity contribution in [3.05, 3.63) is 0 Å². The summed E-state index contributed by atoms with van der Waals surface area (Å²) in [5.74, 6) is 0. The summed E-state index contributed by atoms with van der Waals surface area (Å²) in [5, 5.41) is 0. The molecule has 0 spiro atoms. The smallest absolute Gasteiger partial charge is 0 e. The fraction of sp³-hybridized carbons (Fsp3) is 0. The van der Waals surface area contributed by atoms with Crippen LogP contribution in [0.25, 0.3) is 0 Å². The normalized spacial score (nSPS) is 0. The third-order valence-corrected chi connectivity index (χ3v) is 0. The molecular formula is CuKSiZn. The fourth-order valence-corrected chi connectivity index (χ4v) is 0. The summed E-state index contributed by atoms with van der Waals surface area (Å²) < 4.78 is 0. The van der Waals surface area contributed by atoms with Crippen molar-refractivity contribution >= 4 is 62.3 Å². The molecule has 0 rings (SSSR count). The summed E-state index contributed by atoms with van der Waals surface area (Å²) in [6.07, 6.45) is 0. The second-order valence-corrected chi connectivity index (χ2v) is 0. The van der Waals surface area contributed by atoms with Crippen LogP contribution >= 0.6 is 0 Å². The van der Waals surface area contributed by atoms with Gasteiger partial charge in [-0.1, -0.05) is 0 Å². The van der Waals surface area contributed by atoms with E-state index < -0.39 is 0 Å². The maximum Gasteiger partial charge on any atom is 0 e. The van der Waals surface area contributed by atoms with Gasteiger partial charge < -0.3 is 0 Å². The molecule has 0 aromatic rings. The molecule has 0 saturated heterocycles. The summed E-state index contributed by atoms with van der Waals surface area (Å²) in [6.45, 7) is 0. The van der Waals surface area contributed by atoms with Crippen molar-refractivity contribution in [3.63, 3.8) is 0 Å². The monoisotopic (exact) mass is 194 g/mol. The van der Waals surface area contributed by atoms with E-state index in [1.807, 2.05) is 0 Å². The predicted octanol–water partition coefficient (Wildman–Crippen LogP) is -0.767. The van der Waals surface area contributed by atoms with E-state index in [0.29, 0.717) is 0 Å². The van der Waals surface area contributed by atoms with Crippen LogP contribution in [0.3, 0.4) is 0 Å². The molecule has 0 bridgehead atoms. The Morgan fingerprint density at radius 2 is 1.00 bits per heavy atom. The molecule has 0 heterocycles. The molecule has 0 aromatic heterocycles.